The van der Waals surface area contributed by atoms with Crippen LogP contribution in [-0.4, -0.2) is 11.1 Å². The molecule has 0 aliphatic rings. The Morgan fingerprint density at radius 2 is 2.06 bits per heavy atom. The Morgan fingerprint density at radius 1 is 1.47 bits per heavy atom. The molecule has 2 nitrogen and oxygen atoms in total. The molecule has 0 amide bonds. The van der Waals surface area contributed by atoms with Gasteiger partial charge in [0.05, 0.1) is 16.5 Å². The van der Waals surface area contributed by atoms with Crippen molar-refractivity contribution in [3.63, 3.8) is 0 Å². The second-order valence-electron chi connectivity index (χ2n) is 3.05. The third-order valence-electron chi connectivity index (χ3n) is 1.95. The first-order chi connectivity index (χ1) is 7.81. The van der Waals surface area contributed by atoms with E-state index in [0.29, 0.717) is 6.07 Å². The number of halogens is 5. The molecule has 17 heavy (non-hydrogen) atoms. The predicted octanol–water partition coefficient (Wildman–Crippen LogP) is 3.76. The van der Waals surface area contributed by atoms with Crippen LogP contribution >= 0.6 is 38.5 Å². The molecular weight excluding hydrogens is 414 g/mol. The summed E-state index contributed by atoms with van der Waals surface area (Å²) >= 11 is 4.48. The minimum Gasteiger partial charge on any atom is -0.293 e. The number of benzene rings is 1. The molecule has 0 aliphatic heterocycles. The van der Waals surface area contributed by atoms with Crippen LogP contribution in [0.2, 0.25) is 0 Å². The Morgan fingerprint density at radius 3 is 2.47 bits per heavy atom. The van der Waals surface area contributed by atoms with Gasteiger partial charge < -0.3 is 0 Å². The van der Waals surface area contributed by atoms with E-state index < -0.39 is 17.5 Å². The molecule has 1 aromatic carbocycles. The highest BCUT2D eigenvalue weighted by Crippen LogP contribution is 2.32. The fourth-order valence-electron chi connectivity index (χ4n) is 1.18. The third kappa shape index (κ3) is 3.19. The molecule has 0 unspecified atom stereocenters. The summed E-state index contributed by atoms with van der Waals surface area (Å²) in [5.41, 5.74) is -1.16. The fourth-order valence-corrected chi connectivity index (χ4v) is 2.22. The van der Waals surface area contributed by atoms with Gasteiger partial charge in [-0.05, 0) is 34.7 Å². The maximum Gasteiger partial charge on any atom is 0.416 e. The van der Waals surface area contributed by atoms with Crippen molar-refractivity contribution in [2.24, 2.45) is 0 Å². The lowest BCUT2D eigenvalue weighted by Gasteiger charge is -2.10. The van der Waals surface area contributed by atoms with Gasteiger partial charge in [0.1, 0.15) is 6.07 Å². The SMILES string of the molecule is N#Cc1c(I)cc(C(F)(F)F)cc1C(=O)CBr. The summed E-state index contributed by atoms with van der Waals surface area (Å²) < 4.78 is 37.7. The van der Waals surface area contributed by atoms with Crippen molar-refractivity contribution in [2.75, 3.05) is 5.33 Å². The zero-order valence-electron chi connectivity index (χ0n) is 8.11. The molecule has 0 bridgehead atoms. The summed E-state index contributed by atoms with van der Waals surface area (Å²) in [6.45, 7) is 0. The lowest BCUT2D eigenvalue weighted by Crippen LogP contribution is -2.11. The van der Waals surface area contributed by atoms with E-state index in [0.717, 1.165) is 6.07 Å². The number of rotatable bonds is 2. The Balaban J connectivity index is 3.51. The van der Waals surface area contributed by atoms with Gasteiger partial charge in [-0.25, -0.2) is 0 Å². The number of ketones is 1. The van der Waals surface area contributed by atoms with Gasteiger partial charge in [0.15, 0.2) is 5.78 Å². The largest absolute Gasteiger partial charge is 0.416 e. The summed E-state index contributed by atoms with van der Waals surface area (Å²) in [6.07, 6.45) is -4.53. The first kappa shape index (κ1) is 14.4. The topological polar surface area (TPSA) is 40.9 Å². The number of hydrogen-bond acceptors (Lipinski definition) is 2. The van der Waals surface area contributed by atoms with E-state index in [2.05, 4.69) is 15.9 Å². The fraction of sp³-hybridized carbons (Fsp3) is 0.200. The van der Waals surface area contributed by atoms with Crippen LogP contribution in [-0.2, 0) is 6.18 Å². The molecule has 90 valence electrons. The highest BCUT2D eigenvalue weighted by Gasteiger charge is 2.32. The van der Waals surface area contributed by atoms with Crippen molar-refractivity contribution in [3.05, 3.63) is 32.4 Å². The summed E-state index contributed by atoms with van der Waals surface area (Å²) in [5.74, 6) is -0.550. The predicted molar refractivity (Wildman–Crippen MR) is 67.0 cm³/mol. The van der Waals surface area contributed by atoms with Crippen LogP contribution in [0.15, 0.2) is 12.1 Å². The van der Waals surface area contributed by atoms with E-state index >= 15 is 0 Å². The van der Waals surface area contributed by atoms with Crippen molar-refractivity contribution in [2.45, 2.75) is 6.18 Å². The Hall–Kier alpha value is -0.620. The first-order valence-electron chi connectivity index (χ1n) is 4.21. The van der Waals surface area contributed by atoms with Gasteiger partial charge >= 0.3 is 6.18 Å². The molecule has 0 saturated carbocycles. The Kier molecular flexibility index (Phi) is 4.55. The monoisotopic (exact) mass is 417 g/mol. The number of hydrogen-bond donors (Lipinski definition) is 0. The molecule has 0 aliphatic carbocycles. The number of carbonyl (C=O) groups is 1. The van der Waals surface area contributed by atoms with Crippen molar-refractivity contribution in [1.82, 2.24) is 0 Å². The average molecular weight is 418 g/mol. The van der Waals surface area contributed by atoms with Crippen molar-refractivity contribution >= 4 is 44.3 Å². The highest BCUT2D eigenvalue weighted by atomic mass is 127. The Bertz CT molecular complexity index is 507. The maximum atomic E-state index is 12.5. The molecule has 0 saturated heterocycles. The Labute approximate surface area is 117 Å². The van der Waals surface area contributed by atoms with Crippen LogP contribution in [0.25, 0.3) is 0 Å². The molecule has 1 rings (SSSR count). The van der Waals surface area contributed by atoms with E-state index in [9.17, 15) is 18.0 Å². The number of nitrogens with zero attached hydrogens (tertiary/aromatic N) is 1. The van der Waals surface area contributed by atoms with Gasteiger partial charge in [-0.15, -0.1) is 0 Å². The van der Waals surface area contributed by atoms with E-state index in [1.165, 1.54) is 0 Å². The van der Waals surface area contributed by atoms with E-state index in [1.807, 2.05) is 0 Å². The molecule has 0 fully saturated rings. The number of nitriles is 1. The number of alkyl halides is 4. The molecule has 1 aromatic rings. The normalized spacial score (nSPS) is 11.1. The van der Waals surface area contributed by atoms with Gasteiger partial charge in [0.2, 0.25) is 0 Å². The van der Waals surface area contributed by atoms with Gasteiger partial charge in [-0.3, -0.25) is 4.79 Å². The zero-order chi connectivity index (χ0) is 13.2. The average Bonchev–Trinajstić information content (AvgIpc) is 2.25. The van der Waals surface area contributed by atoms with E-state index in [-0.39, 0.29) is 20.0 Å². The van der Waals surface area contributed by atoms with Crippen LogP contribution in [0.4, 0.5) is 13.2 Å². The summed E-state index contributed by atoms with van der Waals surface area (Å²) in [6, 6.07) is 3.31. The van der Waals surface area contributed by atoms with Crippen LogP contribution in [0.1, 0.15) is 21.5 Å². The standard InChI is InChI=1S/C10H4BrF3INO/c11-3-9(17)6-1-5(10(12,13)14)2-8(15)7(6)4-16/h1-2H,3H2. The quantitative estimate of drug-likeness (QED) is 0.417. The minimum atomic E-state index is -4.53. The zero-order valence-corrected chi connectivity index (χ0v) is 11.9. The summed E-state index contributed by atoms with van der Waals surface area (Å²) in [4.78, 5) is 11.5. The minimum absolute atomic E-state index is 0.0250. The molecule has 0 N–H and O–H groups in total. The maximum absolute atomic E-state index is 12.5. The van der Waals surface area contributed by atoms with Crippen molar-refractivity contribution < 1.29 is 18.0 Å². The molecule has 7 heteroatoms. The smallest absolute Gasteiger partial charge is 0.293 e. The van der Waals surface area contributed by atoms with Crippen LogP contribution in [0.5, 0.6) is 0 Å². The molecule has 0 aromatic heterocycles. The van der Waals surface area contributed by atoms with Crippen LogP contribution in [0, 0.1) is 14.9 Å². The second kappa shape index (κ2) is 5.35. The van der Waals surface area contributed by atoms with Gasteiger partial charge in [0.25, 0.3) is 0 Å². The molecule has 0 heterocycles. The highest BCUT2D eigenvalue weighted by molar-refractivity contribution is 14.1. The summed E-state index contributed by atoms with van der Waals surface area (Å²) in [5, 5.41) is 8.71. The lowest BCUT2D eigenvalue weighted by atomic mass is 10.0. The molecule has 0 atom stereocenters. The van der Waals surface area contributed by atoms with Crippen molar-refractivity contribution in [1.29, 1.82) is 5.26 Å². The van der Waals surface area contributed by atoms with Gasteiger partial charge in [-0.1, -0.05) is 15.9 Å². The number of Topliss-reactive ketones (excluding diaryl/α,β-unsaturated/α-hetero) is 1. The number of carbonyl (C=O) groups excluding carboxylic acids is 1. The van der Waals surface area contributed by atoms with Gasteiger partial charge in [0, 0.05) is 9.13 Å². The summed E-state index contributed by atoms with van der Waals surface area (Å²) in [7, 11) is 0. The second-order valence-corrected chi connectivity index (χ2v) is 4.77. The third-order valence-corrected chi connectivity index (χ3v) is 3.31. The van der Waals surface area contributed by atoms with Crippen LogP contribution < -0.4 is 0 Å². The lowest BCUT2D eigenvalue weighted by molar-refractivity contribution is -0.137. The van der Waals surface area contributed by atoms with Crippen molar-refractivity contribution in [3.8, 4) is 6.07 Å². The molecule has 0 radical (unpaired) electrons. The van der Waals surface area contributed by atoms with Crippen LogP contribution in [0.3, 0.4) is 0 Å². The van der Waals surface area contributed by atoms with E-state index in [1.54, 1.807) is 28.7 Å². The van der Waals surface area contributed by atoms with E-state index in [4.69, 9.17) is 5.26 Å². The van der Waals surface area contributed by atoms with Gasteiger partial charge in [-0.2, -0.15) is 18.4 Å². The molecular formula is C10H4BrF3INO. The first-order valence-corrected chi connectivity index (χ1v) is 6.41. The molecule has 0 spiro atoms.